The lowest BCUT2D eigenvalue weighted by molar-refractivity contribution is 0.682. The van der Waals surface area contributed by atoms with Gasteiger partial charge in [0.05, 0.1) is 0 Å². The molecule has 1 atom stereocenters. The van der Waals surface area contributed by atoms with Crippen molar-refractivity contribution in [2.45, 2.75) is 18.0 Å². The Labute approximate surface area is 105 Å². The van der Waals surface area contributed by atoms with Crippen LogP contribution in [0.25, 0.3) is 0 Å². The summed E-state index contributed by atoms with van der Waals surface area (Å²) in [7, 11) is 1.02. The van der Waals surface area contributed by atoms with Crippen LogP contribution in [0.1, 0.15) is 24.0 Å². The molecule has 1 aliphatic rings. The second-order valence-corrected chi connectivity index (χ2v) is 6.37. The molecule has 0 aromatic heterocycles. The van der Waals surface area contributed by atoms with Gasteiger partial charge in [-0.1, -0.05) is 60.7 Å². The number of benzene rings is 2. The molecule has 0 radical (unpaired) electrons. The Kier molecular flexibility index (Phi) is 2.99. The van der Waals surface area contributed by atoms with Gasteiger partial charge in [-0.05, 0) is 30.1 Å². The summed E-state index contributed by atoms with van der Waals surface area (Å²) in [6, 6.07) is 22.1. The van der Waals surface area contributed by atoms with E-state index < -0.39 is 0 Å². The summed E-state index contributed by atoms with van der Waals surface area (Å²) in [5.41, 5.74) is 3.00. The summed E-state index contributed by atoms with van der Waals surface area (Å²) >= 11 is 0. The van der Waals surface area contributed by atoms with Gasteiger partial charge in [-0.3, -0.25) is 0 Å². The fourth-order valence-corrected chi connectivity index (χ4v) is 4.72. The second-order valence-electron chi connectivity index (χ2n) is 4.67. The van der Waals surface area contributed by atoms with Gasteiger partial charge >= 0.3 is 0 Å². The van der Waals surface area contributed by atoms with Crippen molar-refractivity contribution in [1.29, 1.82) is 0 Å². The lowest BCUT2D eigenvalue weighted by Crippen LogP contribution is -2.18. The molecule has 1 heteroatoms. The number of rotatable bonds is 2. The van der Waals surface area contributed by atoms with Crippen molar-refractivity contribution >= 4 is 8.58 Å². The van der Waals surface area contributed by atoms with E-state index in [1.54, 1.807) is 0 Å². The Bertz CT molecular complexity index is 428. The Morgan fingerprint density at radius 2 is 1.29 bits per heavy atom. The van der Waals surface area contributed by atoms with Crippen LogP contribution in [0, 0.1) is 0 Å². The third kappa shape index (κ3) is 1.91. The van der Waals surface area contributed by atoms with Gasteiger partial charge < -0.3 is 0 Å². The van der Waals surface area contributed by atoms with Crippen molar-refractivity contribution in [3.8, 4) is 0 Å². The van der Waals surface area contributed by atoms with Gasteiger partial charge in [-0.25, -0.2) is 0 Å². The molecule has 0 saturated carbocycles. The Hall–Kier alpha value is -1.13. The van der Waals surface area contributed by atoms with Crippen LogP contribution in [0.15, 0.2) is 60.7 Å². The van der Waals surface area contributed by atoms with Gasteiger partial charge in [0.25, 0.3) is 0 Å². The predicted octanol–water partition coefficient (Wildman–Crippen LogP) is 4.40. The van der Waals surface area contributed by atoms with Crippen LogP contribution in [0.5, 0.6) is 0 Å². The molecule has 1 saturated heterocycles. The first-order chi connectivity index (χ1) is 8.42. The van der Waals surface area contributed by atoms with Gasteiger partial charge in [0, 0.05) is 5.16 Å². The molecule has 0 aliphatic carbocycles. The average Bonchev–Trinajstić information content (AvgIpc) is 2.91. The standard InChI is InChI=1S/C16H17P/c1-3-8-14(9-4-1)16(12-7-13-17-16)15-10-5-2-6-11-15/h1-6,8-11,17H,7,12-13H2. The van der Waals surface area contributed by atoms with Crippen molar-refractivity contribution in [2.75, 3.05) is 6.16 Å². The Morgan fingerprint density at radius 3 is 1.71 bits per heavy atom. The summed E-state index contributed by atoms with van der Waals surface area (Å²) < 4.78 is 0. The molecule has 17 heavy (non-hydrogen) atoms. The molecule has 1 fully saturated rings. The third-order valence-electron chi connectivity index (χ3n) is 3.69. The van der Waals surface area contributed by atoms with Gasteiger partial charge in [-0.15, -0.1) is 8.58 Å². The van der Waals surface area contributed by atoms with Crippen molar-refractivity contribution in [3.05, 3.63) is 71.8 Å². The van der Waals surface area contributed by atoms with E-state index in [0.717, 1.165) is 8.58 Å². The maximum Gasteiger partial charge on any atom is 0.0373 e. The molecule has 0 amide bonds. The third-order valence-corrected chi connectivity index (χ3v) is 5.72. The zero-order valence-corrected chi connectivity index (χ0v) is 10.9. The van der Waals surface area contributed by atoms with Gasteiger partial charge in [-0.2, -0.15) is 0 Å². The van der Waals surface area contributed by atoms with E-state index >= 15 is 0 Å². The highest BCUT2D eigenvalue weighted by Crippen LogP contribution is 2.55. The SMILES string of the molecule is c1ccc(C2(c3ccccc3)CCCP2)cc1. The summed E-state index contributed by atoms with van der Waals surface area (Å²) in [6.07, 6.45) is 4.05. The van der Waals surface area contributed by atoms with Crippen LogP contribution in [0.3, 0.4) is 0 Å². The molecular formula is C16H17P. The molecule has 86 valence electrons. The topological polar surface area (TPSA) is 0 Å². The molecule has 0 N–H and O–H groups in total. The van der Waals surface area contributed by atoms with Crippen LogP contribution in [0.2, 0.25) is 0 Å². The highest BCUT2D eigenvalue weighted by atomic mass is 31.1. The van der Waals surface area contributed by atoms with Crippen LogP contribution >= 0.6 is 8.58 Å². The van der Waals surface area contributed by atoms with Gasteiger partial charge in [0.15, 0.2) is 0 Å². The molecule has 1 unspecified atom stereocenters. The van der Waals surface area contributed by atoms with Crippen LogP contribution in [0.4, 0.5) is 0 Å². The van der Waals surface area contributed by atoms with E-state index in [2.05, 4.69) is 60.7 Å². The number of hydrogen-bond donors (Lipinski definition) is 0. The molecule has 0 spiro atoms. The summed E-state index contributed by atoms with van der Waals surface area (Å²) in [5, 5.41) is 0.308. The van der Waals surface area contributed by atoms with Crippen LogP contribution < -0.4 is 0 Å². The van der Waals surface area contributed by atoms with E-state index in [4.69, 9.17) is 0 Å². The average molecular weight is 240 g/mol. The molecule has 1 aliphatic heterocycles. The minimum absolute atomic E-state index is 0.308. The fourth-order valence-electron chi connectivity index (χ4n) is 2.85. The molecule has 3 rings (SSSR count). The Morgan fingerprint density at radius 1 is 0.765 bits per heavy atom. The van der Waals surface area contributed by atoms with Crippen molar-refractivity contribution in [2.24, 2.45) is 0 Å². The zero-order valence-electron chi connectivity index (χ0n) is 9.89. The van der Waals surface area contributed by atoms with Gasteiger partial charge in [0.1, 0.15) is 0 Å². The van der Waals surface area contributed by atoms with Gasteiger partial charge in [0.2, 0.25) is 0 Å². The monoisotopic (exact) mass is 240 g/mol. The normalized spacial score (nSPS) is 19.5. The minimum Gasteiger partial charge on any atom is -0.106 e. The lowest BCUT2D eigenvalue weighted by atomic mass is 9.87. The molecule has 2 aromatic carbocycles. The maximum atomic E-state index is 2.30. The van der Waals surface area contributed by atoms with E-state index in [1.165, 1.54) is 30.1 Å². The fraction of sp³-hybridized carbons (Fsp3) is 0.250. The first kappa shape index (κ1) is 11.0. The summed E-state index contributed by atoms with van der Waals surface area (Å²) in [6.45, 7) is 0. The Balaban J connectivity index is 2.11. The maximum absolute atomic E-state index is 2.30. The van der Waals surface area contributed by atoms with E-state index in [-0.39, 0.29) is 0 Å². The predicted molar refractivity (Wildman–Crippen MR) is 76.1 cm³/mol. The summed E-state index contributed by atoms with van der Waals surface area (Å²) in [5.74, 6) is 0. The van der Waals surface area contributed by atoms with Crippen molar-refractivity contribution in [1.82, 2.24) is 0 Å². The molecule has 1 heterocycles. The van der Waals surface area contributed by atoms with E-state index in [0.29, 0.717) is 5.16 Å². The lowest BCUT2D eigenvalue weighted by Gasteiger charge is -2.30. The van der Waals surface area contributed by atoms with Crippen LogP contribution in [-0.4, -0.2) is 6.16 Å². The van der Waals surface area contributed by atoms with E-state index in [1.807, 2.05) is 0 Å². The number of hydrogen-bond acceptors (Lipinski definition) is 0. The quantitative estimate of drug-likeness (QED) is 0.682. The van der Waals surface area contributed by atoms with Crippen molar-refractivity contribution < 1.29 is 0 Å². The first-order valence-corrected chi connectivity index (χ1v) is 7.49. The second kappa shape index (κ2) is 4.63. The largest absolute Gasteiger partial charge is 0.106 e. The van der Waals surface area contributed by atoms with E-state index in [9.17, 15) is 0 Å². The summed E-state index contributed by atoms with van der Waals surface area (Å²) in [4.78, 5) is 0. The molecule has 0 nitrogen and oxygen atoms in total. The molecular weight excluding hydrogens is 223 g/mol. The minimum atomic E-state index is 0.308. The highest BCUT2D eigenvalue weighted by Gasteiger charge is 2.36. The first-order valence-electron chi connectivity index (χ1n) is 6.28. The smallest absolute Gasteiger partial charge is 0.0373 e. The van der Waals surface area contributed by atoms with Crippen LogP contribution in [-0.2, 0) is 5.16 Å². The van der Waals surface area contributed by atoms with Crippen molar-refractivity contribution in [3.63, 3.8) is 0 Å². The molecule has 0 bridgehead atoms. The highest BCUT2D eigenvalue weighted by molar-refractivity contribution is 7.40. The zero-order chi connectivity index (χ0) is 11.6. The molecule has 2 aromatic rings.